The summed E-state index contributed by atoms with van der Waals surface area (Å²) < 4.78 is 11.9. The molecule has 0 aliphatic carbocycles. The highest BCUT2D eigenvalue weighted by Gasteiger charge is 2.12. The Morgan fingerprint density at radius 1 is 1.35 bits per heavy atom. The average molecular weight is 343 g/mol. The van der Waals surface area contributed by atoms with E-state index >= 15 is 0 Å². The van der Waals surface area contributed by atoms with Crippen LogP contribution in [0.2, 0.25) is 0 Å². The summed E-state index contributed by atoms with van der Waals surface area (Å²) in [5.74, 6) is 0.950. The van der Waals surface area contributed by atoms with Gasteiger partial charge in [-0.15, -0.1) is 0 Å². The largest absolute Gasteiger partial charge is 0.496 e. The topological polar surface area (TPSA) is 24.9 Å². The van der Waals surface area contributed by atoms with Gasteiger partial charge in [0.25, 0.3) is 0 Å². The third-order valence-corrected chi connectivity index (χ3v) is 4.08. The molecule has 1 heterocycles. The molecule has 0 spiro atoms. The van der Waals surface area contributed by atoms with E-state index in [1.54, 1.807) is 7.11 Å². The van der Waals surface area contributed by atoms with Crippen LogP contribution in [0.4, 0.5) is 0 Å². The Morgan fingerprint density at radius 2 is 2.10 bits per heavy atom. The van der Waals surface area contributed by atoms with Crippen LogP contribution >= 0.6 is 15.9 Å². The highest BCUT2D eigenvalue weighted by atomic mass is 79.9. The number of likely N-dealkylation sites (N-methyl/N-ethyl adjacent to an activating group) is 1. The predicted octanol–water partition coefficient (Wildman–Crippen LogP) is 2.22. The second kappa shape index (κ2) is 7.98. The number of halogens is 1. The molecule has 0 atom stereocenters. The summed E-state index contributed by atoms with van der Waals surface area (Å²) >= 11 is 3.52. The molecule has 0 N–H and O–H groups in total. The molecule has 1 aromatic carbocycles. The van der Waals surface area contributed by atoms with Crippen LogP contribution in [0.25, 0.3) is 0 Å². The zero-order valence-corrected chi connectivity index (χ0v) is 13.9. The van der Waals surface area contributed by atoms with Crippen LogP contribution in [0.15, 0.2) is 22.7 Å². The van der Waals surface area contributed by atoms with Gasteiger partial charge in [-0.1, -0.05) is 15.9 Å². The molecule has 1 saturated heterocycles. The quantitative estimate of drug-likeness (QED) is 0.791. The Bertz CT molecular complexity index is 422. The van der Waals surface area contributed by atoms with Crippen molar-refractivity contribution < 1.29 is 9.47 Å². The molecule has 1 fully saturated rings. The van der Waals surface area contributed by atoms with Gasteiger partial charge in [0.15, 0.2) is 0 Å². The monoisotopic (exact) mass is 342 g/mol. The summed E-state index contributed by atoms with van der Waals surface area (Å²) in [5.41, 5.74) is 1.21. The molecule has 0 saturated carbocycles. The van der Waals surface area contributed by atoms with Gasteiger partial charge in [-0.3, -0.25) is 4.90 Å². The maximum atomic E-state index is 5.42. The minimum atomic E-state index is 0.864. The number of hydrogen-bond acceptors (Lipinski definition) is 4. The van der Waals surface area contributed by atoms with E-state index in [1.165, 1.54) is 5.56 Å². The molecule has 0 aromatic heterocycles. The number of rotatable bonds is 6. The van der Waals surface area contributed by atoms with Crippen molar-refractivity contribution in [2.45, 2.75) is 6.54 Å². The van der Waals surface area contributed by atoms with Crippen molar-refractivity contribution in [3.63, 3.8) is 0 Å². The van der Waals surface area contributed by atoms with Crippen molar-refractivity contribution in [2.24, 2.45) is 0 Å². The first kappa shape index (κ1) is 15.8. The summed E-state index contributed by atoms with van der Waals surface area (Å²) in [7, 11) is 3.88. The molecule has 1 aliphatic heterocycles. The summed E-state index contributed by atoms with van der Waals surface area (Å²) in [6.07, 6.45) is 0. The molecular weight excluding hydrogens is 320 g/mol. The van der Waals surface area contributed by atoms with Gasteiger partial charge < -0.3 is 14.4 Å². The van der Waals surface area contributed by atoms with Crippen molar-refractivity contribution in [3.05, 3.63) is 28.2 Å². The number of hydrogen-bond donors (Lipinski definition) is 0. The lowest BCUT2D eigenvalue weighted by Crippen LogP contribution is -2.40. The number of nitrogens with zero attached hydrogens (tertiary/aromatic N) is 2. The number of morpholine rings is 1. The second-order valence-electron chi connectivity index (χ2n) is 5.15. The van der Waals surface area contributed by atoms with Crippen molar-refractivity contribution in [2.75, 3.05) is 53.6 Å². The minimum Gasteiger partial charge on any atom is -0.496 e. The van der Waals surface area contributed by atoms with E-state index in [9.17, 15) is 0 Å². The first-order valence-electron chi connectivity index (χ1n) is 7.00. The summed E-state index contributed by atoms with van der Waals surface area (Å²) in [6, 6.07) is 6.15. The third-order valence-electron chi connectivity index (χ3n) is 3.58. The van der Waals surface area contributed by atoms with Crippen molar-refractivity contribution >= 4 is 15.9 Å². The van der Waals surface area contributed by atoms with E-state index in [1.807, 2.05) is 12.1 Å². The molecule has 1 aliphatic rings. The molecule has 4 nitrogen and oxygen atoms in total. The smallest absolute Gasteiger partial charge is 0.123 e. The van der Waals surface area contributed by atoms with E-state index in [2.05, 4.69) is 38.8 Å². The first-order valence-corrected chi connectivity index (χ1v) is 7.79. The Balaban J connectivity index is 1.84. The fraction of sp³-hybridized carbons (Fsp3) is 0.600. The van der Waals surface area contributed by atoms with Gasteiger partial charge in [0.2, 0.25) is 0 Å². The van der Waals surface area contributed by atoms with E-state index in [-0.39, 0.29) is 0 Å². The van der Waals surface area contributed by atoms with E-state index in [0.717, 1.165) is 56.2 Å². The fourth-order valence-corrected chi connectivity index (χ4v) is 2.79. The molecule has 0 amide bonds. The normalized spacial score (nSPS) is 16.6. The lowest BCUT2D eigenvalue weighted by atomic mass is 10.2. The molecular formula is C15H23BrN2O2. The van der Waals surface area contributed by atoms with E-state index < -0.39 is 0 Å². The van der Waals surface area contributed by atoms with Crippen LogP contribution in [0.3, 0.4) is 0 Å². The van der Waals surface area contributed by atoms with Crippen LogP contribution in [-0.4, -0.2) is 63.4 Å². The molecule has 20 heavy (non-hydrogen) atoms. The van der Waals surface area contributed by atoms with Crippen LogP contribution in [-0.2, 0) is 11.3 Å². The zero-order valence-electron chi connectivity index (χ0n) is 12.3. The minimum absolute atomic E-state index is 0.864. The van der Waals surface area contributed by atoms with Crippen molar-refractivity contribution in [3.8, 4) is 5.75 Å². The van der Waals surface area contributed by atoms with Crippen LogP contribution in [0.5, 0.6) is 5.75 Å². The lowest BCUT2D eigenvalue weighted by Gasteiger charge is -2.28. The van der Waals surface area contributed by atoms with Crippen LogP contribution in [0, 0.1) is 0 Å². The molecule has 112 valence electrons. The molecule has 0 radical (unpaired) electrons. The van der Waals surface area contributed by atoms with Crippen LogP contribution < -0.4 is 4.74 Å². The standard InChI is InChI=1S/C15H23BrN2O2/c1-17(5-6-18-7-9-20-10-8-18)12-13-11-14(16)3-4-15(13)19-2/h3-4,11H,5-10,12H2,1-2H3. The van der Waals surface area contributed by atoms with Gasteiger partial charge in [-0.25, -0.2) is 0 Å². The summed E-state index contributed by atoms with van der Waals surface area (Å²) in [6.45, 7) is 6.87. The summed E-state index contributed by atoms with van der Waals surface area (Å²) in [5, 5.41) is 0. The van der Waals surface area contributed by atoms with Crippen LogP contribution in [0.1, 0.15) is 5.56 Å². The summed E-state index contributed by atoms with van der Waals surface area (Å²) in [4.78, 5) is 4.79. The number of ether oxygens (including phenoxy) is 2. The van der Waals surface area contributed by atoms with Crippen molar-refractivity contribution in [1.82, 2.24) is 9.80 Å². The Hall–Kier alpha value is -0.620. The van der Waals surface area contributed by atoms with E-state index in [0.29, 0.717) is 0 Å². The van der Waals surface area contributed by atoms with Gasteiger partial charge >= 0.3 is 0 Å². The highest BCUT2D eigenvalue weighted by Crippen LogP contribution is 2.23. The van der Waals surface area contributed by atoms with Gasteiger partial charge in [0.05, 0.1) is 20.3 Å². The number of benzene rings is 1. The SMILES string of the molecule is COc1ccc(Br)cc1CN(C)CCN1CCOCC1. The fourth-order valence-electron chi connectivity index (χ4n) is 2.38. The second-order valence-corrected chi connectivity index (χ2v) is 6.06. The Kier molecular flexibility index (Phi) is 6.29. The number of methoxy groups -OCH3 is 1. The molecule has 0 unspecified atom stereocenters. The third kappa shape index (κ3) is 4.74. The molecule has 0 bridgehead atoms. The predicted molar refractivity (Wildman–Crippen MR) is 84.3 cm³/mol. The maximum absolute atomic E-state index is 5.42. The van der Waals surface area contributed by atoms with E-state index in [4.69, 9.17) is 9.47 Å². The van der Waals surface area contributed by atoms with Gasteiger partial charge in [0.1, 0.15) is 5.75 Å². The average Bonchev–Trinajstić information content (AvgIpc) is 2.46. The first-order chi connectivity index (χ1) is 9.69. The maximum Gasteiger partial charge on any atom is 0.123 e. The molecule has 5 heteroatoms. The van der Waals surface area contributed by atoms with Gasteiger partial charge in [-0.05, 0) is 25.2 Å². The zero-order chi connectivity index (χ0) is 14.4. The van der Waals surface area contributed by atoms with Crippen molar-refractivity contribution in [1.29, 1.82) is 0 Å². The van der Waals surface area contributed by atoms with Gasteiger partial charge in [0, 0.05) is 42.8 Å². The Morgan fingerprint density at radius 3 is 2.80 bits per heavy atom. The highest BCUT2D eigenvalue weighted by molar-refractivity contribution is 9.10. The lowest BCUT2D eigenvalue weighted by molar-refractivity contribution is 0.0342. The van der Waals surface area contributed by atoms with Gasteiger partial charge in [-0.2, -0.15) is 0 Å². The molecule has 1 aromatic rings. The molecule has 2 rings (SSSR count). The Labute approximate surface area is 129 Å².